The molecule has 0 unspecified atom stereocenters. The molecule has 45 heavy (non-hydrogen) atoms. The van der Waals surface area contributed by atoms with Crippen LogP contribution in [0, 0.1) is 6.92 Å². The highest BCUT2D eigenvalue weighted by Gasteiger charge is 2.19. The second-order valence-electron chi connectivity index (χ2n) is 10.8. The van der Waals surface area contributed by atoms with Crippen molar-refractivity contribution >= 4 is 40.3 Å². The average molecular weight is 645 g/mol. The number of aromatic nitrogens is 2. The summed E-state index contributed by atoms with van der Waals surface area (Å²) in [6.45, 7) is 11.3. The third-order valence-corrected chi connectivity index (χ3v) is 7.76. The van der Waals surface area contributed by atoms with Gasteiger partial charge in [-0.15, -0.1) is 0 Å². The van der Waals surface area contributed by atoms with Crippen molar-refractivity contribution in [2.45, 2.75) is 47.1 Å². The maximum atomic E-state index is 13.9. The maximum Gasteiger partial charge on any atom is 0.282 e. The molecule has 1 aromatic heterocycles. The van der Waals surface area contributed by atoms with Crippen molar-refractivity contribution in [2.75, 3.05) is 13.2 Å². The monoisotopic (exact) mass is 643 g/mol. The van der Waals surface area contributed by atoms with Gasteiger partial charge in [0, 0.05) is 10.6 Å². The predicted octanol–water partition coefficient (Wildman–Crippen LogP) is 9.06. The van der Waals surface area contributed by atoms with Crippen LogP contribution in [0.4, 0.5) is 0 Å². The summed E-state index contributed by atoms with van der Waals surface area (Å²) in [4.78, 5) is 18.8. The molecule has 0 saturated heterocycles. The van der Waals surface area contributed by atoms with Gasteiger partial charge in [0.25, 0.3) is 5.56 Å². The molecule has 0 aliphatic rings. The van der Waals surface area contributed by atoms with E-state index in [4.69, 9.17) is 42.4 Å². The first kappa shape index (κ1) is 32.1. The fourth-order valence-corrected chi connectivity index (χ4v) is 5.40. The van der Waals surface area contributed by atoms with Crippen LogP contribution in [0.15, 0.2) is 82.7 Å². The Hall–Kier alpha value is -4.33. The second-order valence-corrected chi connectivity index (χ2v) is 11.6. The van der Waals surface area contributed by atoms with Gasteiger partial charge in [0.2, 0.25) is 0 Å². The minimum absolute atomic E-state index is 0.189. The van der Waals surface area contributed by atoms with Crippen LogP contribution in [0.2, 0.25) is 10.0 Å². The largest absolute Gasteiger partial charge is 0.494 e. The van der Waals surface area contributed by atoms with Crippen molar-refractivity contribution in [2.24, 2.45) is 5.10 Å². The Balaban J connectivity index is 1.59. The number of benzene rings is 4. The van der Waals surface area contributed by atoms with Gasteiger partial charge in [0.15, 0.2) is 17.3 Å². The lowest BCUT2D eigenvalue weighted by molar-refractivity contribution is 0.269. The van der Waals surface area contributed by atoms with Crippen LogP contribution in [0.25, 0.3) is 22.3 Å². The molecule has 5 rings (SSSR count). The zero-order valence-electron chi connectivity index (χ0n) is 25.9. The summed E-state index contributed by atoms with van der Waals surface area (Å²) in [7, 11) is 0. The molecular formula is C36H35Cl2N3O4. The molecule has 0 saturated carbocycles. The smallest absolute Gasteiger partial charge is 0.282 e. The van der Waals surface area contributed by atoms with Crippen LogP contribution < -0.4 is 19.8 Å². The second kappa shape index (κ2) is 14.2. The van der Waals surface area contributed by atoms with Gasteiger partial charge in [-0.3, -0.25) is 4.79 Å². The summed E-state index contributed by atoms with van der Waals surface area (Å²) in [5.41, 5.74) is 4.60. The summed E-state index contributed by atoms with van der Waals surface area (Å²) in [6, 6.07) is 22.2. The number of rotatable bonds is 11. The molecular weight excluding hydrogens is 609 g/mol. The van der Waals surface area contributed by atoms with E-state index < -0.39 is 0 Å². The van der Waals surface area contributed by atoms with Gasteiger partial charge in [-0.25, -0.2) is 4.98 Å². The van der Waals surface area contributed by atoms with Gasteiger partial charge >= 0.3 is 0 Å². The van der Waals surface area contributed by atoms with E-state index in [1.54, 1.807) is 36.5 Å². The molecule has 0 bridgehead atoms. The van der Waals surface area contributed by atoms with Gasteiger partial charge in [-0.05, 0) is 97.5 Å². The Labute approximate surface area is 273 Å². The van der Waals surface area contributed by atoms with Crippen LogP contribution in [0.3, 0.4) is 0 Å². The number of hydrogen-bond donors (Lipinski definition) is 0. The van der Waals surface area contributed by atoms with E-state index >= 15 is 0 Å². The number of halogens is 2. The van der Waals surface area contributed by atoms with Crippen molar-refractivity contribution in [1.29, 1.82) is 0 Å². The number of fused-ring (bicyclic) bond motifs is 1. The van der Waals surface area contributed by atoms with E-state index in [0.717, 1.165) is 28.0 Å². The molecule has 5 aromatic rings. The van der Waals surface area contributed by atoms with Crippen molar-refractivity contribution in [3.05, 3.63) is 115 Å². The van der Waals surface area contributed by atoms with Gasteiger partial charge in [-0.1, -0.05) is 61.3 Å². The van der Waals surface area contributed by atoms with E-state index in [1.165, 1.54) is 4.68 Å². The number of hydrogen-bond acceptors (Lipinski definition) is 6. The fraction of sp³-hybridized carbons (Fsp3) is 0.250. The Bertz CT molecular complexity index is 1920. The van der Waals surface area contributed by atoms with Gasteiger partial charge in [-0.2, -0.15) is 9.78 Å². The Morgan fingerprint density at radius 2 is 1.62 bits per heavy atom. The third kappa shape index (κ3) is 7.16. The maximum absolute atomic E-state index is 13.9. The van der Waals surface area contributed by atoms with E-state index in [1.807, 2.05) is 63.2 Å². The summed E-state index contributed by atoms with van der Waals surface area (Å²) in [5, 5.41) is 6.13. The molecule has 0 fully saturated rings. The number of para-hydroxylation sites is 1. The molecule has 0 aliphatic carbocycles. The third-order valence-electron chi connectivity index (χ3n) is 7.22. The Morgan fingerprint density at radius 3 is 2.33 bits per heavy atom. The highest BCUT2D eigenvalue weighted by atomic mass is 35.5. The first-order valence-corrected chi connectivity index (χ1v) is 15.6. The molecule has 0 radical (unpaired) electrons. The minimum atomic E-state index is -0.287. The van der Waals surface area contributed by atoms with Gasteiger partial charge in [0.05, 0.1) is 35.4 Å². The summed E-state index contributed by atoms with van der Waals surface area (Å²) >= 11 is 12.7. The van der Waals surface area contributed by atoms with Crippen molar-refractivity contribution in [1.82, 2.24) is 9.66 Å². The highest BCUT2D eigenvalue weighted by molar-refractivity contribution is 6.32. The van der Waals surface area contributed by atoms with E-state index in [0.29, 0.717) is 57.0 Å². The standard InChI is InChI=1S/C36H35Cl2N3O4/c1-6-43-32-16-23(5)29(19-28(32)22(3)4)35-40-31-11-9-8-10-27(31)36(42)41(35)39-20-25-17-30(38)34(33(18-25)44-7-2)45-21-24-12-14-26(37)15-13-24/h8-20,22H,6-7,21H2,1-5H3. The number of nitrogens with zero attached hydrogens (tertiary/aromatic N) is 3. The average Bonchev–Trinajstić information content (AvgIpc) is 3.01. The Morgan fingerprint density at radius 1 is 0.911 bits per heavy atom. The van der Waals surface area contributed by atoms with Crippen LogP contribution in [-0.2, 0) is 6.61 Å². The van der Waals surface area contributed by atoms with Crippen LogP contribution in [0.1, 0.15) is 55.9 Å². The van der Waals surface area contributed by atoms with Crippen LogP contribution >= 0.6 is 23.2 Å². The van der Waals surface area contributed by atoms with Gasteiger partial charge in [0.1, 0.15) is 12.4 Å². The number of ether oxygens (including phenoxy) is 3. The van der Waals surface area contributed by atoms with Crippen molar-refractivity contribution < 1.29 is 14.2 Å². The molecule has 0 aliphatic heterocycles. The van der Waals surface area contributed by atoms with E-state index in [2.05, 4.69) is 18.9 Å². The van der Waals surface area contributed by atoms with Crippen molar-refractivity contribution in [3.63, 3.8) is 0 Å². The quantitative estimate of drug-likeness (QED) is 0.134. The predicted molar refractivity (Wildman–Crippen MR) is 183 cm³/mol. The molecule has 1 heterocycles. The lowest BCUT2D eigenvalue weighted by atomic mass is 9.96. The molecule has 0 amide bonds. The molecule has 0 N–H and O–H groups in total. The zero-order chi connectivity index (χ0) is 32.1. The molecule has 232 valence electrons. The van der Waals surface area contributed by atoms with Crippen molar-refractivity contribution in [3.8, 4) is 28.6 Å². The topological polar surface area (TPSA) is 74.9 Å². The molecule has 0 atom stereocenters. The highest BCUT2D eigenvalue weighted by Crippen LogP contribution is 2.37. The molecule has 9 heteroatoms. The lowest BCUT2D eigenvalue weighted by Gasteiger charge is -2.18. The summed E-state index contributed by atoms with van der Waals surface area (Å²) in [5.74, 6) is 2.32. The first-order valence-electron chi connectivity index (χ1n) is 14.9. The molecule has 7 nitrogen and oxygen atoms in total. The van der Waals surface area contributed by atoms with Crippen LogP contribution in [0.5, 0.6) is 17.2 Å². The lowest BCUT2D eigenvalue weighted by Crippen LogP contribution is -2.21. The summed E-state index contributed by atoms with van der Waals surface area (Å²) in [6.07, 6.45) is 1.58. The molecule has 0 spiro atoms. The van der Waals surface area contributed by atoms with E-state index in [-0.39, 0.29) is 18.1 Å². The fourth-order valence-electron chi connectivity index (χ4n) is 5.00. The van der Waals surface area contributed by atoms with Crippen LogP contribution in [-0.4, -0.2) is 29.1 Å². The number of aryl methyl sites for hydroxylation is 1. The van der Waals surface area contributed by atoms with E-state index in [9.17, 15) is 4.79 Å². The zero-order valence-corrected chi connectivity index (χ0v) is 27.4. The minimum Gasteiger partial charge on any atom is -0.494 e. The normalized spacial score (nSPS) is 11.5. The molecule has 4 aromatic carbocycles. The first-order chi connectivity index (χ1) is 21.7. The summed E-state index contributed by atoms with van der Waals surface area (Å²) < 4.78 is 19.2. The Kier molecular flexibility index (Phi) is 10.1. The SMILES string of the molecule is CCOc1cc(C)c(-c2nc3ccccc3c(=O)n2N=Cc2cc(Cl)c(OCc3ccc(Cl)cc3)c(OCC)c2)cc1C(C)C. The van der Waals surface area contributed by atoms with Gasteiger partial charge < -0.3 is 14.2 Å².